The lowest BCUT2D eigenvalue weighted by Crippen LogP contribution is -2.35. The van der Waals surface area contributed by atoms with Crippen LogP contribution in [0.3, 0.4) is 0 Å². The molecular formula is C22H24F3N3O2. The topological polar surface area (TPSA) is 63.2 Å². The molecule has 1 fully saturated rings. The van der Waals surface area contributed by atoms with Gasteiger partial charge in [0.1, 0.15) is 5.75 Å². The van der Waals surface area contributed by atoms with Crippen molar-refractivity contribution in [2.45, 2.75) is 37.9 Å². The van der Waals surface area contributed by atoms with Crippen molar-refractivity contribution in [3.05, 3.63) is 52.8 Å². The van der Waals surface area contributed by atoms with Crippen LogP contribution < -0.4 is 15.4 Å². The largest absolute Gasteiger partial charge is 0.495 e. The molecule has 1 aromatic carbocycles. The Hall–Kier alpha value is -2.61. The van der Waals surface area contributed by atoms with Gasteiger partial charge >= 0.3 is 6.18 Å². The minimum absolute atomic E-state index is 0.0391. The number of carbonyl (C=O) groups excluding carboxylic acids is 1. The van der Waals surface area contributed by atoms with Crippen LogP contribution in [0.1, 0.15) is 40.0 Å². The molecule has 2 aromatic rings. The van der Waals surface area contributed by atoms with Crippen molar-refractivity contribution >= 4 is 11.5 Å². The van der Waals surface area contributed by atoms with Crippen LogP contribution in [0.4, 0.5) is 18.9 Å². The Kier molecular flexibility index (Phi) is 5.69. The van der Waals surface area contributed by atoms with Gasteiger partial charge in [-0.25, -0.2) is 0 Å². The molecule has 0 saturated carbocycles. The molecule has 1 atom stereocenters. The van der Waals surface area contributed by atoms with Gasteiger partial charge in [0.2, 0.25) is 0 Å². The Morgan fingerprint density at radius 2 is 2.03 bits per heavy atom. The third-order valence-corrected chi connectivity index (χ3v) is 5.86. The smallest absolute Gasteiger partial charge is 0.418 e. The van der Waals surface area contributed by atoms with Crippen LogP contribution in [0.25, 0.3) is 0 Å². The van der Waals surface area contributed by atoms with Crippen molar-refractivity contribution < 1.29 is 22.7 Å². The second-order valence-electron chi connectivity index (χ2n) is 7.84. The Bertz CT molecular complexity index is 940. The highest BCUT2D eigenvalue weighted by molar-refractivity contribution is 6.03. The fraction of sp³-hybridized carbons (Fsp3) is 0.455. The summed E-state index contributed by atoms with van der Waals surface area (Å²) in [5.74, 6) is -0.138. The summed E-state index contributed by atoms with van der Waals surface area (Å²) in [6.07, 6.45) is -0.826. The van der Waals surface area contributed by atoms with E-state index in [0.29, 0.717) is 23.8 Å². The first-order valence-corrected chi connectivity index (χ1v) is 10.1. The number of piperidine rings is 1. The molecule has 8 heteroatoms. The van der Waals surface area contributed by atoms with Gasteiger partial charge in [0.25, 0.3) is 0 Å². The third kappa shape index (κ3) is 4.14. The highest BCUT2D eigenvalue weighted by Gasteiger charge is 2.37. The van der Waals surface area contributed by atoms with E-state index < -0.39 is 17.7 Å². The fourth-order valence-electron chi connectivity index (χ4n) is 4.33. The van der Waals surface area contributed by atoms with Crippen molar-refractivity contribution in [1.82, 2.24) is 10.3 Å². The van der Waals surface area contributed by atoms with Gasteiger partial charge in [-0.1, -0.05) is 0 Å². The summed E-state index contributed by atoms with van der Waals surface area (Å²) in [6.45, 7) is 1.88. The molecule has 1 aliphatic carbocycles. The molecule has 0 amide bonds. The average Bonchev–Trinajstić information content (AvgIpc) is 3.02. The summed E-state index contributed by atoms with van der Waals surface area (Å²) >= 11 is 0. The summed E-state index contributed by atoms with van der Waals surface area (Å²) < 4.78 is 45.4. The molecule has 1 aromatic heterocycles. The second-order valence-corrected chi connectivity index (χ2v) is 7.84. The van der Waals surface area contributed by atoms with Gasteiger partial charge in [-0.2, -0.15) is 13.2 Å². The zero-order valence-corrected chi connectivity index (χ0v) is 16.7. The number of benzene rings is 1. The van der Waals surface area contributed by atoms with Crippen molar-refractivity contribution in [3.8, 4) is 5.75 Å². The molecule has 0 spiro atoms. The van der Waals surface area contributed by atoms with Gasteiger partial charge in [0.15, 0.2) is 5.78 Å². The first-order chi connectivity index (χ1) is 14.4. The summed E-state index contributed by atoms with van der Waals surface area (Å²) in [5.41, 5.74) is 1.32. The van der Waals surface area contributed by atoms with Crippen LogP contribution in [0, 0.1) is 5.92 Å². The molecule has 1 aliphatic heterocycles. The van der Waals surface area contributed by atoms with Gasteiger partial charge in [0.05, 0.1) is 24.1 Å². The number of aromatic nitrogens is 1. The first kappa shape index (κ1) is 20.7. The normalized spacial score (nSPS) is 19.6. The maximum Gasteiger partial charge on any atom is 0.418 e. The lowest BCUT2D eigenvalue weighted by atomic mass is 9.96. The number of alkyl halides is 3. The molecule has 30 heavy (non-hydrogen) atoms. The lowest BCUT2D eigenvalue weighted by Gasteiger charge is -2.26. The van der Waals surface area contributed by atoms with Crippen molar-refractivity contribution in [1.29, 1.82) is 0 Å². The number of nitrogens with one attached hydrogen (secondary N) is 2. The summed E-state index contributed by atoms with van der Waals surface area (Å²) in [5, 5.41) is 6.82. The zero-order chi connectivity index (χ0) is 21.3. The van der Waals surface area contributed by atoms with E-state index in [4.69, 9.17) is 4.74 Å². The van der Waals surface area contributed by atoms with E-state index in [1.165, 1.54) is 12.3 Å². The number of ether oxygens (including phenoxy) is 1. The van der Waals surface area contributed by atoms with Gasteiger partial charge in [-0.3, -0.25) is 9.78 Å². The molecular weight excluding hydrogens is 395 g/mol. The van der Waals surface area contributed by atoms with E-state index in [1.54, 1.807) is 13.2 Å². The Morgan fingerprint density at radius 1 is 1.27 bits per heavy atom. The van der Waals surface area contributed by atoms with Crippen LogP contribution in [0.15, 0.2) is 30.5 Å². The molecule has 1 saturated heterocycles. The minimum Gasteiger partial charge on any atom is -0.495 e. The molecule has 1 unspecified atom stereocenters. The Morgan fingerprint density at radius 3 is 2.73 bits per heavy atom. The minimum atomic E-state index is -4.49. The number of pyridine rings is 1. The highest BCUT2D eigenvalue weighted by Crippen LogP contribution is 2.38. The van der Waals surface area contributed by atoms with Crippen molar-refractivity contribution in [2.75, 3.05) is 25.5 Å². The van der Waals surface area contributed by atoms with E-state index in [1.807, 2.05) is 6.07 Å². The van der Waals surface area contributed by atoms with E-state index in [0.717, 1.165) is 43.2 Å². The van der Waals surface area contributed by atoms with Gasteiger partial charge in [0, 0.05) is 30.1 Å². The molecule has 160 valence electrons. The highest BCUT2D eigenvalue weighted by atomic mass is 19.4. The molecule has 2 aliphatic rings. The van der Waals surface area contributed by atoms with E-state index in [-0.39, 0.29) is 17.9 Å². The summed E-state index contributed by atoms with van der Waals surface area (Å²) in [7, 11) is 1.55. The van der Waals surface area contributed by atoms with Crippen LogP contribution in [-0.4, -0.2) is 37.0 Å². The maximum atomic E-state index is 13.3. The van der Waals surface area contributed by atoms with Gasteiger partial charge in [-0.15, -0.1) is 0 Å². The van der Waals surface area contributed by atoms with Gasteiger partial charge < -0.3 is 15.4 Å². The van der Waals surface area contributed by atoms with Crippen LogP contribution in [0.2, 0.25) is 0 Å². The number of ketones is 1. The van der Waals surface area contributed by atoms with E-state index in [2.05, 4.69) is 15.6 Å². The third-order valence-electron chi connectivity index (χ3n) is 5.86. The first-order valence-electron chi connectivity index (χ1n) is 10.1. The molecule has 4 rings (SSSR count). The SMILES string of the molecule is COc1cc2c(cc1NC1CCNCC1)CC(Cc1ncccc1C(F)(F)F)C2=O. The molecule has 2 heterocycles. The predicted octanol–water partition coefficient (Wildman–Crippen LogP) is 3.87. The van der Waals surface area contributed by atoms with E-state index >= 15 is 0 Å². The van der Waals surface area contributed by atoms with Gasteiger partial charge in [-0.05, 0) is 62.2 Å². The average molecular weight is 419 g/mol. The Labute approximate surface area is 173 Å². The van der Waals surface area contributed by atoms with Crippen LogP contribution in [0.5, 0.6) is 5.75 Å². The Balaban J connectivity index is 1.57. The monoisotopic (exact) mass is 419 g/mol. The number of hydrogen-bond donors (Lipinski definition) is 2. The quantitative estimate of drug-likeness (QED) is 0.771. The zero-order valence-electron chi connectivity index (χ0n) is 16.7. The summed E-state index contributed by atoms with van der Waals surface area (Å²) in [4.78, 5) is 16.9. The van der Waals surface area contributed by atoms with Crippen LogP contribution >= 0.6 is 0 Å². The number of anilines is 1. The molecule has 5 nitrogen and oxygen atoms in total. The number of Topliss-reactive ketones (excluding diaryl/α,β-unsaturated/α-hetero) is 1. The van der Waals surface area contributed by atoms with Crippen molar-refractivity contribution in [2.24, 2.45) is 5.92 Å². The molecule has 0 bridgehead atoms. The second kappa shape index (κ2) is 8.26. The number of hydrogen-bond acceptors (Lipinski definition) is 5. The maximum absolute atomic E-state index is 13.3. The number of methoxy groups -OCH3 is 1. The lowest BCUT2D eigenvalue weighted by molar-refractivity contribution is -0.138. The van der Waals surface area contributed by atoms with Crippen LogP contribution in [-0.2, 0) is 19.0 Å². The molecule has 0 radical (unpaired) electrons. The number of nitrogens with zero attached hydrogens (tertiary/aromatic N) is 1. The number of carbonyl (C=O) groups is 1. The fourth-order valence-corrected chi connectivity index (χ4v) is 4.33. The van der Waals surface area contributed by atoms with E-state index in [9.17, 15) is 18.0 Å². The van der Waals surface area contributed by atoms with Crippen molar-refractivity contribution in [3.63, 3.8) is 0 Å². The predicted molar refractivity (Wildman–Crippen MR) is 107 cm³/mol. The number of rotatable bonds is 5. The standard InChI is InChI=1S/C22H24F3N3O2/c1-30-20-12-16-13(10-19(20)28-15-4-7-26-8-5-15)9-14(21(16)29)11-18-17(22(23,24)25)3-2-6-27-18/h2-3,6,10,12,14-15,26,28H,4-5,7-9,11H2,1H3. The summed E-state index contributed by atoms with van der Waals surface area (Å²) in [6, 6.07) is 6.22. The number of fused-ring (bicyclic) bond motifs is 1. The number of halogens is 3. The molecule has 2 N–H and O–H groups in total.